The summed E-state index contributed by atoms with van der Waals surface area (Å²) in [6.45, 7) is 16.1. The number of ether oxygens (including phenoxy) is 14. The minimum atomic E-state index is -1.92. The highest BCUT2D eigenvalue weighted by Crippen LogP contribution is 2.76. The molecular formula is C69H112O33. The van der Waals surface area contributed by atoms with E-state index in [1.54, 1.807) is 0 Å². The summed E-state index contributed by atoms with van der Waals surface area (Å²) in [6.07, 6.45) is -43.2. The van der Waals surface area contributed by atoms with Gasteiger partial charge in [0.2, 0.25) is 6.29 Å². The van der Waals surface area contributed by atoms with Crippen LogP contribution in [-0.4, -0.2) is 334 Å². The molecule has 12 rings (SSSR count). The van der Waals surface area contributed by atoms with E-state index in [4.69, 9.17) is 66.3 Å². The summed E-state index contributed by atoms with van der Waals surface area (Å²) < 4.78 is 83.0. The molecule has 0 spiro atoms. The monoisotopic (exact) mass is 1470 g/mol. The van der Waals surface area contributed by atoms with Crippen LogP contribution in [0.1, 0.15) is 127 Å². The maximum absolute atomic E-state index is 15.4. The smallest absolute Gasteiger partial charge is 0.315 e. The zero-order chi connectivity index (χ0) is 74.2. The van der Waals surface area contributed by atoms with Gasteiger partial charge < -0.3 is 158 Å². The zero-order valence-corrected chi connectivity index (χ0v) is 59.1. The van der Waals surface area contributed by atoms with Crippen LogP contribution in [0.4, 0.5) is 0 Å². The van der Waals surface area contributed by atoms with Crippen LogP contribution in [0.15, 0.2) is 11.6 Å². The molecule has 5 aliphatic carbocycles. The van der Waals surface area contributed by atoms with Crippen molar-refractivity contribution in [1.29, 1.82) is 0 Å². The fourth-order valence-corrected chi connectivity index (χ4v) is 19.9. The lowest BCUT2D eigenvalue weighted by molar-refractivity contribution is -0.381. The Morgan fingerprint density at radius 1 is 0.471 bits per heavy atom. The molecule has 18 N–H and O–H groups in total. The van der Waals surface area contributed by atoms with Crippen LogP contribution in [-0.2, 0) is 71.1 Å². The number of allylic oxidation sites excluding steroid dienone is 2. The Balaban J connectivity index is 0.699. The van der Waals surface area contributed by atoms with E-state index in [2.05, 4.69) is 54.5 Å². The molecule has 12 aliphatic rings. The molecule has 7 heterocycles. The second-order valence-electron chi connectivity index (χ2n) is 33.4. The van der Waals surface area contributed by atoms with Crippen LogP contribution in [0.3, 0.4) is 0 Å². The van der Waals surface area contributed by atoms with Gasteiger partial charge in [-0.1, -0.05) is 60.1 Å². The molecule has 4 saturated carbocycles. The summed E-state index contributed by atoms with van der Waals surface area (Å²) in [5, 5.41) is 196. The van der Waals surface area contributed by atoms with E-state index >= 15 is 4.79 Å². The first-order chi connectivity index (χ1) is 47.8. The molecule has 0 bridgehead atoms. The molecule has 0 amide bonds. The standard InChI is InChI=1S/C69H112O33/c1-26-38(73)44(79)49(84)59(93-26)99-53-32(21-70)95-57(51(86)46(53)81)91-24-33-42(77)45(80)50(85)60(97-33)102-63(88)69-18-16-64(3,4)20-29(69)28-10-11-36-66(7)14-13-37(65(5,6)35(66)12-15-68(36,9)67(28,8)17-19-69)98-62-55(41(76)31(72)23-90-62)101-61-52(87)54(39(74)27(2)94-61)100-58-48(83)43(78)34(25-92-58)96-56-47(82)40(75)30(71)22-89-56/h10,26-27,29-62,70-87H,11-25H2,1-9H3/t26-,27-,29-,30-,31-,32+,33+,34-,35-,36+,37-,38-,39-,40-,41-,42+,43-,44+,45-,46+,47+,48+,49+,50+,51+,52+,53+,54+,55+,56-,57+,58-,59-,60-,61-,62-,66-,67+,68+,69-/m0/s1. The number of fused-ring (bicyclic) bond motifs is 7. The molecular weight excluding hydrogens is 1360 g/mol. The lowest BCUT2D eigenvalue weighted by Gasteiger charge is -2.71. The zero-order valence-electron chi connectivity index (χ0n) is 59.1. The van der Waals surface area contributed by atoms with Crippen molar-refractivity contribution in [2.75, 3.05) is 33.0 Å². The van der Waals surface area contributed by atoms with Gasteiger partial charge >= 0.3 is 5.97 Å². The molecule has 0 aromatic carbocycles. The topological polar surface area (TPSA) is 510 Å². The quantitative estimate of drug-likeness (QED) is 0.0393. The van der Waals surface area contributed by atoms with Gasteiger partial charge in [0.05, 0.1) is 56.8 Å². The van der Waals surface area contributed by atoms with Crippen LogP contribution in [0, 0.1) is 50.2 Å². The molecule has 7 saturated heterocycles. The van der Waals surface area contributed by atoms with Gasteiger partial charge in [-0.2, -0.15) is 0 Å². The van der Waals surface area contributed by atoms with Crippen LogP contribution >= 0.6 is 0 Å². The molecule has 0 unspecified atom stereocenters. The van der Waals surface area contributed by atoms with Crippen molar-refractivity contribution >= 4 is 5.97 Å². The molecule has 0 radical (unpaired) electrons. The Bertz CT molecular complexity index is 2900. The number of hydrogen-bond acceptors (Lipinski definition) is 33. The first kappa shape index (κ1) is 79.5. The van der Waals surface area contributed by atoms with E-state index in [1.807, 2.05) is 0 Å². The third-order valence-electron chi connectivity index (χ3n) is 26.5. The Kier molecular flexibility index (Phi) is 23.4. The lowest BCUT2D eigenvalue weighted by Crippen LogP contribution is -2.66. The van der Waals surface area contributed by atoms with E-state index in [1.165, 1.54) is 19.4 Å². The van der Waals surface area contributed by atoms with Crippen LogP contribution in [0.5, 0.6) is 0 Å². The largest absolute Gasteiger partial charge is 0.432 e. The number of aliphatic hydroxyl groups is 18. The summed E-state index contributed by atoms with van der Waals surface area (Å²) in [6, 6.07) is 0. The maximum atomic E-state index is 15.4. The summed E-state index contributed by atoms with van der Waals surface area (Å²) in [5.74, 6) is -0.690. The van der Waals surface area contributed by atoms with Crippen LogP contribution in [0.2, 0.25) is 0 Å². The highest BCUT2D eigenvalue weighted by atomic mass is 16.8. The molecule has 0 aromatic rings. The second-order valence-corrected chi connectivity index (χ2v) is 33.4. The summed E-state index contributed by atoms with van der Waals surface area (Å²) in [7, 11) is 0. The molecule has 11 fully saturated rings. The number of carbonyl (C=O) groups excluding carboxylic acids is 1. The van der Waals surface area contributed by atoms with Crippen LogP contribution in [0.25, 0.3) is 0 Å². The van der Waals surface area contributed by atoms with Gasteiger partial charge in [-0.05, 0) is 123 Å². The Hall–Kier alpha value is -2.03. The van der Waals surface area contributed by atoms with E-state index in [0.717, 1.165) is 19.3 Å². The van der Waals surface area contributed by atoms with Crippen molar-refractivity contribution in [3.8, 4) is 0 Å². The van der Waals surface area contributed by atoms with Crippen molar-refractivity contribution in [1.82, 2.24) is 0 Å². The van der Waals surface area contributed by atoms with Crippen molar-refractivity contribution < 1.29 is 163 Å². The highest BCUT2D eigenvalue weighted by molar-refractivity contribution is 5.79. The van der Waals surface area contributed by atoms with Crippen molar-refractivity contribution in [3.05, 3.63) is 11.6 Å². The second kappa shape index (κ2) is 30.0. The Morgan fingerprint density at radius 3 is 1.73 bits per heavy atom. The molecule has 7 aliphatic heterocycles. The van der Waals surface area contributed by atoms with Gasteiger partial charge in [-0.3, -0.25) is 4.79 Å². The number of esters is 1. The van der Waals surface area contributed by atoms with Crippen LogP contribution < -0.4 is 0 Å². The third kappa shape index (κ3) is 14.0. The molecule has 102 heavy (non-hydrogen) atoms. The lowest BCUT2D eigenvalue weighted by atomic mass is 9.33. The normalized spacial score (nSPS) is 54.8. The van der Waals surface area contributed by atoms with E-state index < -0.39 is 245 Å². The van der Waals surface area contributed by atoms with E-state index in [0.29, 0.717) is 44.9 Å². The van der Waals surface area contributed by atoms with E-state index in [9.17, 15) is 91.9 Å². The van der Waals surface area contributed by atoms with Crippen molar-refractivity contribution in [2.24, 2.45) is 50.2 Å². The predicted octanol–water partition coefficient (Wildman–Crippen LogP) is -4.59. The number of rotatable bonds is 16. The van der Waals surface area contributed by atoms with E-state index in [-0.39, 0.29) is 47.2 Å². The van der Waals surface area contributed by atoms with Gasteiger partial charge in [0, 0.05) is 0 Å². The highest BCUT2D eigenvalue weighted by Gasteiger charge is 2.71. The summed E-state index contributed by atoms with van der Waals surface area (Å²) in [5.41, 5.74) is -1.57. The first-order valence-corrected chi connectivity index (χ1v) is 36.3. The summed E-state index contributed by atoms with van der Waals surface area (Å²) in [4.78, 5) is 15.4. The maximum Gasteiger partial charge on any atom is 0.315 e. The number of hydrogen-bond donors (Lipinski definition) is 18. The minimum Gasteiger partial charge on any atom is -0.432 e. The SMILES string of the molecule is C[C@@H]1O[C@@H](O[C@H]2[C@H](O)[C@@H](O)[C@H](OC[C@H]3O[C@@H](OC(=O)[C@]45CCC(C)(C)C[C@H]4C4=CC[C@@H]6[C@@]7(C)CC[C@H](O[C@@H]8OC[C@H](O)[C@H](O)[C@H]8O[C@@H]8O[C@@H](C)[C@H](O)[C@@H](O[C@@H]9OC[C@H](O[C@@H]%10OC[C@H](O)[C@H](O)[C@H]%10O)[C@H](O)[C@H]9O)[C@H]8O)C(C)(C)[C@@H]7CC[C@@]6(C)[C@]4(C)CC5)[C@H](O)[C@@H](O)[C@@H]3O)O[C@@H]2CO)[C@H](O)[C@H](O)[C@H]1O. The average molecular weight is 1470 g/mol. The number of aliphatic hydroxyl groups excluding tert-OH is 18. The van der Waals surface area contributed by atoms with Crippen molar-refractivity contribution in [3.63, 3.8) is 0 Å². The van der Waals surface area contributed by atoms with Gasteiger partial charge in [0.25, 0.3) is 0 Å². The van der Waals surface area contributed by atoms with Gasteiger partial charge in [0.1, 0.15) is 140 Å². The summed E-state index contributed by atoms with van der Waals surface area (Å²) >= 11 is 0. The number of carbonyl (C=O) groups is 1. The Morgan fingerprint density at radius 2 is 1.03 bits per heavy atom. The third-order valence-corrected chi connectivity index (χ3v) is 26.5. The Labute approximate surface area is 591 Å². The molecule has 33 nitrogen and oxygen atoms in total. The van der Waals surface area contributed by atoms with Gasteiger partial charge in [-0.25, -0.2) is 0 Å². The van der Waals surface area contributed by atoms with Gasteiger partial charge in [-0.15, -0.1) is 0 Å². The fourth-order valence-electron chi connectivity index (χ4n) is 19.9. The molecule has 0 aromatic heterocycles. The fraction of sp³-hybridized carbons (Fsp3) is 0.957. The van der Waals surface area contributed by atoms with Gasteiger partial charge in [0.15, 0.2) is 37.7 Å². The average Bonchev–Trinajstić information content (AvgIpc) is 0.675. The van der Waals surface area contributed by atoms with Crippen molar-refractivity contribution in [2.45, 2.75) is 329 Å². The predicted molar refractivity (Wildman–Crippen MR) is 340 cm³/mol. The molecule has 33 heteroatoms. The molecule has 40 atom stereocenters. The first-order valence-electron chi connectivity index (χ1n) is 36.3. The minimum absolute atomic E-state index is 0.0808. The molecule has 586 valence electrons.